The second kappa shape index (κ2) is 5.64. The molecule has 0 radical (unpaired) electrons. The second-order valence-electron chi connectivity index (χ2n) is 9.06. The molecule has 5 aliphatic rings. The molecule has 1 aromatic carbocycles. The average molecular weight is 359 g/mol. The summed E-state index contributed by atoms with van der Waals surface area (Å²) in [6, 6.07) is 8.30. The van der Waals surface area contributed by atoms with Crippen LogP contribution in [0.15, 0.2) is 24.3 Å². The van der Waals surface area contributed by atoms with E-state index in [0.29, 0.717) is 11.8 Å². The Bertz CT molecular complexity index is 683. The van der Waals surface area contributed by atoms with E-state index in [9.17, 15) is 4.79 Å². The lowest BCUT2D eigenvalue weighted by atomic mass is 9.49. The van der Waals surface area contributed by atoms with Crippen molar-refractivity contribution in [1.29, 1.82) is 0 Å². The van der Waals surface area contributed by atoms with Crippen LogP contribution in [-0.4, -0.2) is 23.9 Å². The Morgan fingerprint density at radius 3 is 2.44 bits per heavy atom. The zero-order valence-electron chi connectivity index (χ0n) is 14.8. The van der Waals surface area contributed by atoms with Gasteiger partial charge < -0.3 is 10.2 Å². The van der Waals surface area contributed by atoms with Crippen molar-refractivity contribution in [2.75, 3.05) is 23.3 Å². The highest BCUT2D eigenvalue weighted by Crippen LogP contribution is 2.64. The van der Waals surface area contributed by atoms with Gasteiger partial charge in [0.1, 0.15) is 0 Å². The molecule has 1 heterocycles. The molecule has 1 aromatic rings. The van der Waals surface area contributed by atoms with Gasteiger partial charge in [0.15, 0.2) is 0 Å². The van der Waals surface area contributed by atoms with Gasteiger partial charge in [-0.1, -0.05) is 12.1 Å². The summed E-state index contributed by atoms with van der Waals surface area (Å²) in [4.78, 5) is 15.7. The molecule has 134 valence electrons. The molecular formula is C21H27ClN2O. The Kier molecular flexibility index (Phi) is 3.61. The molecule has 6 rings (SSSR count). The number of anilines is 2. The van der Waals surface area contributed by atoms with E-state index in [1.165, 1.54) is 24.9 Å². The largest absolute Gasteiger partial charge is 0.370 e. The Labute approximate surface area is 155 Å². The van der Waals surface area contributed by atoms with Crippen molar-refractivity contribution >= 4 is 28.9 Å². The van der Waals surface area contributed by atoms with Crippen LogP contribution in [0.5, 0.6) is 0 Å². The number of halogens is 1. The third-order valence-corrected chi connectivity index (χ3v) is 7.51. The minimum absolute atomic E-state index is 0.115. The van der Waals surface area contributed by atoms with Gasteiger partial charge in [0.2, 0.25) is 5.91 Å². The van der Waals surface area contributed by atoms with Crippen LogP contribution in [0.25, 0.3) is 0 Å². The highest BCUT2D eigenvalue weighted by atomic mass is 35.5. The fourth-order valence-corrected chi connectivity index (χ4v) is 7.18. The molecule has 4 heteroatoms. The number of alkyl halides is 1. The van der Waals surface area contributed by atoms with Crippen LogP contribution in [0.2, 0.25) is 0 Å². The van der Waals surface area contributed by atoms with Crippen molar-refractivity contribution in [2.45, 2.75) is 56.2 Å². The Morgan fingerprint density at radius 1 is 1.08 bits per heavy atom. The molecular weight excluding hydrogens is 332 g/mol. The van der Waals surface area contributed by atoms with Crippen molar-refractivity contribution in [1.82, 2.24) is 0 Å². The van der Waals surface area contributed by atoms with Gasteiger partial charge >= 0.3 is 0 Å². The number of amides is 1. The monoisotopic (exact) mass is 358 g/mol. The van der Waals surface area contributed by atoms with E-state index in [-0.39, 0.29) is 16.2 Å². The maximum Gasteiger partial charge on any atom is 0.230 e. The predicted octanol–water partition coefficient (Wildman–Crippen LogP) is 4.80. The summed E-state index contributed by atoms with van der Waals surface area (Å²) >= 11 is 6.91. The van der Waals surface area contributed by atoms with E-state index in [2.05, 4.69) is 28.4 Å². The Hall–Kier alpha value is -1.22. The number of benzene rings is 1. The predicted molar refractivity (Wildman–Crippen MR) is 102 cm³/mol. The molecule has 4 bridgehead atoms. The summed E-state index contributed by atoms with van der Waals surface area (Å²) in [7, 11) is 0. The third-order valence-electron chi connectivity index (χ3n) is 7.07. The summed E-state index contributed by atoms with van der Waals surface area (Å²) in [5, 5.41) is 3.32. The lowest BCUT2D eigenvalue weighted by Gasteiger charge is -2.59. The number of carbonyl (C=O) groups excluding carboxylic acids is 1. The summed E-state index contributed by atoms with van der Waals surface area (Å²) in [5.74, 6) is 1.52. The fraction of sp³-hybridized carbons (Fsp3) is 0.667. The van der Waals surface area contributed by atoms with Gasteiger partial charge in [-0.25, -0.2) is 0 Å². The molecule has 2 unspecified atom stereocenters. The quantitative estimate of drug-likeness (QED) is 0.787. The van der Waals surface area contributed by atoms with Gasteiger partial charge in [-0.3, -0.25) is 4.79 Å². The van der Waals surface area contributed by atoms with E-state index in [1.54, 1.807) is 0 Å². The van der Waals surface area contributed by atoms with Gasteiger partial charge in [-0.05, 0) is 75.3 Å². The molecule has 2 atom stereocenters. The number of hydrogen-bond donors (Lipinski definition) is 1. The van der Waals surface area contributed by atoms with Crippen molar-refractivity contribution < 1.29 is 4.79 Å². The van der Waals surface area contributed by atoms with Crippen LogP contribution in [0.4, 0.5) is 11.4 Å². The first kappa shape index (κ1) is 16.0. The third kappa shape index (κ3) is 2.66. The highest BCUT2D eigenvalue weighted by molar-refractivity contribution is 6.24. The van der Waals surface area contributed by atoms with E-state index in [4.69, 9.17) is 11.6 Å². The fourth-order valence-electron chi connectivity index (χ4n) is 6.48. The molecule has 1 saturated heterocycles. The average Bonchev–Trinajstić information content (AvgIpc) is 3.07. The van der Waals surface area contributed by atoms with Gasteiger partial charge in [0, 0.05) is 18.0 Å². The van der Waals surface area contributed by atoms with Crippen LogP contribution in [-0.2, 0) is 4.79 Å². The van der Waals surface area contributed by atoms with Gasteiger partial charge in [-0.15, -0.1) is 11.6 Å². The summed E-state index contributed by atoms with van der Waals surface area (Å²) in [6.45, 7) is 2.18. The Morgan fingerprint density at radius 2 is 1.76 bits per heavy atom. The first-order chi connectivity index (χ1) is 12.1. The van der Waals surface area contributed by atoms with Crippen molar-refractivity contribution in [3.63, 3.8) is 0 Å². The van der Waals surface area contributed by atoms with Gasteiger partial charge in [0.25, 0.3) is 0 Å². The Balaban J connectivity index is 1.41. The van der Waals surface area contributed by atoms with Crippen LogP contribution < -0.4 is 10.2 Å². The number of hydrogen-bond acceptors (Lipinski definition) is 2. The van der Waals surface area contributed by atoms with E-state index >= 15 is 0 Å². The molecule has 4 aliphatic carbocycles. The van der Waals surface area contributed by atoms with Crippen LogP contribution in [0, 0.1) is 17.3 Å². The SMILES string of the molecule is O=C(Nc1ccccc1N1CCCC1)C12CC3CC(CC(Cl)(C3)C1)C2. The molecule has 1 amide bonds. The van der Waals surface area contributed by atoms with E-state index in [0.717, 1.165) is 50.9 Å². The molecule has 0 aromatic heterocycles. The number of rotatable bonds is 3. The zero-order chi connectivity index (χ0) is 17.1. The van der Waals surface area contributed by atoms with Crippen molar-refractivity contribution in [2.24, 2.45) is 17.3 Å². The van der Waals surface area contributed by atoms with E-state index in [1.807, 2.05) is 6.07 Å². The smallest absolute Gasteiger partial charge is 0.230 e. The minimum atomic E-state index is -0.232. The van der Waals surface area contributed by atoms with Crippen LogP contribution in [0.3, 0.4) is 0 Å². The van der Waals surface area contributed by atoms with Crippen molar-refractivity contribution in [3.05, 3.63) is 24.3 Å². The van der Waals surface area contributed by atoms with Crippen LogP contribution >= 0.6 is 11.6 Å². The standard InChI is InChI=1S/C21H27ClN2O/c22-21-12-15-9-16(13-21)11-20(10-15,14-21)19(25)23-17-5-1-2-6-18(17)24-7-3-4-8-24/h1-2,5-6,15-16H,3-4,7-14H2,(H,23,25). The number of para-hydroxylation sites is 2. The van der Waals surface area contributed by atoms with Gasteiger partial charge in [-0.2, -0.15) is 0 Å². The molecule has 3 nitrogen and oxygen atoms in total. The summed E-state index contributed by atoms with van der Waals surface area (Å²) in [6.07, 6.45) is 8.94. The first-order valence-corrected chi connectivity index (χ1v) is 10.3. The molecule has 5 fully saturated rings. The van der Waals surface area contributed by atoms with E-state index < -0.39 is 0 Å². The number of nitrogens with one attached hydrogen (secondary N) is 1. The lowest BCUT2D eigenvalue weighted by Crippen LogP contribution is -2.57. The highest BCUT2D eigenvalue weighted by Gasteiger charge is 2.60. The summed E-state index contributed by atoms with van der Waals surface area (Å²) in [5.41, 5.74) is 1.93. The normalized spacial score (nSPS) is 39.0. The molecule has 0 spiro atoms. The maximum atomic E-state index is 13.4. The first-order valence-electron chi connectivity index (χ1n) is 9.90. The maximum absolute atomic E-state index is 13.4. The van der Waals surface area contributed by atoms with Gasteiger partial charge in [0.05, 0.1) is 16.8 Å². The second-order valence-corrected chi connectivity index (χ2v) is 9.86. The lowest BCUT2D eigenvalue weighted by molar-refractivity contribution is -0.138. The number of nitrogens with zero attached hydrogens (tertiary/aromatic N) is 1. The topological polar surface area (TPSA) is 32.3 Å². The molecule has 4 saturated carbocycles. The molecule has 25 heavy (non-hydrogen) atoms. The molecule has 1 aliphatic heterocycles. The number of carbonyl (C=O) groups is 1. The minimum Gasteiger partial charge on any atom is -0.370 e. The zero-order valence-corrected chi connectivity index (χ0v) is 15.5. The van der Waals surface area contributed by atoms with Crippen molar-refractivity contribution in [3.8, 4) is 0 Å². The molecule has 1 N–H and O–H groups in total. The summed E-state index contributed by atoms with van der Waals surface area (Å²) < 4.78 is 0. The van der Waals surface area contributed by atoms with Crippen LogP contribution in [0.1, 0.15) is 51.4 Å².